The molecule has 2 rings (SSSR count). The zero-order chi connectivity index (χ0) is 20.2. The van der Waals surface area contributed by atoms with E-state index in [1.54, 1.807) is 4.90 Å². The van der Waals surface area contributed by atoms with Gasteiger partial charge in [-0.15, -0.1) is 0 Å². The van der Waals surface area contributed by atoms with Crippen LogP contribution in [0.2, 0.25) is 0 Å². The maximum Gasteiger partial charge on any atom is 0.416 e. The fraction of sp³-hybridized carbons (Fsp3) is 0.562. The van der Waals surface area contributed by atoms with Crippen molar-refractivity contribution in [3.63, 3.8) is 0 Å². The van der Waals surface area contributed by atoms with Crippen molar-refractivity contribution in [1.29, 1.82) is 0 Å². The number of piperazine rings is 1. The van der Waals surface area contributed by atoms with E-state index in [1.807, 2.05) is 23.9 Å². The maximum absolute atomic E-state index is 12.8. The van der Waals surface area contributed by atoms with Crippen molar-refractivity contribution in [3.8, 4) is 0 Å². The summed E-state index contributed by atoms with van der Waals surface area (Å²) in [7, 11) is 3.92. The third-order valence-electron chi connectivity index (χ3n) is 4.24. The molecule has 0 aromatic heterocycles. The van der Waals surface area contributed by atoms with Gasteiger partial charge in [0.25, 0.3) is 5.69 Å². The number of benzene rings is 1. The summed E-state index contributed by atoms with van der Waals surface area (Å²) < 4.78 is 38.5. The van der Waals surface area contributed by atoms with E-state index in [9.17, 15) is 23.3 Å². The maximum atomic E-state index is 12.8. The monoisotopic (exact) mass is 405 g/mol. The summed E-state index contributed by atoms with van der Waals surface area (Å²) in [5, 5.41) is 15.0. The van der Waals surface area contributed by atoms with Crippen LogP contribution in [0.1, 0.15) is 5.56 Å². The van der Waals surface area contributed by atoms with Crippen LogP contribution in [0.25, 0.3) is 0 Å². The second-order valence-electron chi connectivity index (χ2n) is 6.47. The lowest BCUT2D eigenvalue weighted by Gasteiger charge is -2.37. The normalized spacial score (nSPS) is 15.2. The molecule has 0 amide bonds. The molecule has 0 unspecified atom stereocenters. The number of thiocarbonyl (C=S) groups is 1. The Morgan fingerprint density at radius 3 is 2.44 bits per heavy atom. The quantitative estimate of drug-likeness (QED) is 0.458. The molecule has 1 fully saturated rings. The Bertz CT molecular complexity index is 691. The highest BCUT2D eigenvalue weighted by Crippen LogP contribution is 2.36. The Labute approximate surface area is 160 Å². The van der Waals surface area contributed by atoms with Crippen LogP contribution in [0.5, 0.6) is 0 Å². The Balaban J connectivity index is 2.03. The summed E-state index contributed by atoms with van der Waals surface area (Å²) in [4.78, 5) is 16.2. The summed E-state index contributed by atoms with van der Waals surface area (Å²) in [6.45, 7) is 3.47. The van der Waals surface area contributed by atoms with Gasteiger partial charge in [0.15, 0.2) is 5.11 Å². The molecule has 150 valence electrons. The molecule has 27 heavy (non-hydrogen) atoms. The SMILES string of the molecule is CN(C)CCNC(=S)N1CCN(c2ccc(C(F)(F)F)cc2[N+](=O)[O-])CC1. The molecule has 0 atom stereocenters. The van der Waals surface area contributed by atoms with Crippen molar-refractivity contribution in [2.75, 3.05) is 58.3 Å². The van der Waals surface area contributed by atoms with Crippen molar-refractivity contribution < 1.29 is 18.1 Å². The van der Waals surface area contributed by atoms with Crippen LogP contribution in [-0.4, -0.2) is 73.2 Å². The van der Waals surface area contributed by atoms with Gasteiger partial charge in [0.1, 0.15) is 5.69 Å². The van der Waals surface area contributed by atoms with Crippen molar-refractivity contribution in [2.24, 2.45) is 0 Å². The number of alkyl halides is 3. The third kappa shape index (κ3) is 5.67. The van der Waals surface area contributed by atoms with Crippen molar-refractivity contribution in [3.05, 3.63) is 33.9 Å². The van der Waals surface area contributed by atoms with Crippen LogP contribution in [0.15, 0.2) is 18.2 Å². The first-order chi connectivity index (χ1) is 12.6. The van der Waals surface area contributed by atoms with Gasteiger partial charge in [-0.25, -0.2) is 0 Å². The highest BCUT2D eigenvalue weighted by Gasteiger charge is 2.34. The Kier molecular flexibility index (Phi) is 6.82. The van der Waals surface area contributed by atoms with Crippen LogP contribution < -0.4 is 10.2 Å². The van der Waals surface area contributed by atoms with Gasteiger partial charge < -0.3 is 20.0 Å². The predicted molar refractivity (Wildman–Crippen MR) is 101 cm³/mol. The smallest absolute Gasteiger partial charge is 0.362 e. The van der Waals surface area contributed by atoms with Crippen LogP contribution in [-0.2, 0) is 6.18 Å². The molecule has 1 heterocycles. The van der Waals surface area contributed by atoms with Crippen molar-refractivity contribution in [1.82, 2.24) is 15.1 Å². The largest absolute Gasteiger partial charge is 0.416 e. The van der Waals surface area contributed by atoms with E-state index in [1.165, 1.54) is 6.07 Å². The van der Waals surface area contributed by atoms with Gasteiger partial charge in [-0.3, -0.25) is 10.1 Å². The molecule has 1 saturated heterocycles. The lowest BCUT2D eigenvalue weighted by Crippen LogP contribution is -2.52. The Morgan fingerprint density at radius 1 is 1.30 bits per heavy atom. The van der Waals surface area contributed by atoms with Gasteiger partial charge in [0, 0.05) is 45.3 Å². The van der Waals surface area contributed by atoms with E-state index in [0.29, 0.717) is 43.9 Å². The first-order valence-electron chi connectivity index (χ1n) is 8.37. The molecule has 1 aliphatic rings. The fourth-order valence-corrected chi connectivity index (χ4v) is 3.05. The minimum atomic E-state index is -4.62. The van der Waals surface area contributed by atoms with Gasteiger partial charge in [-0.1, -0.05) is 0 Å². The standard InChI is InChI=1S/C16H22F3N5O2S/c1-21(2)6-5-20-15(27)23-9-7-22(8-10-23)13-4-3-12(16(17,18)19)11-14(13)24(25)26/h3-4,11H,5-10H2,1-2H3,(H,20,27). The number of rotatable bonds is 5. The number of hydrogen-bond donors (Lipinski definition) is 1. The Morgan fingerprint density at radius 2 is 1.93 bits per heavy atom. The van der Waals surface area contributed by atoms with Crippen LogP contribution in [0.3, 0.4) is 0 Å². The van der Waals surface area contributed by atoms with Gasteiger partial charge in [-0.2, -0.15) is 13.2 Å². The van der Waals surface area contributed by atoms with E-state index >= 15 is 0 Å². The lowest BCUT2D eigenvalue weighted by atomic mass is 10.1. The van der Waals surface area contributed by atoms with Gasteiger partial charge in [-0.05, 0) is 38.4 Å². The van der Waals surface area contributed by atoms with E-state index in [4.69, 9.17) is 12.2 Å². The number of likely N-dealkylation sites (N-methyl/N-ethyl adjacent to an activating group) is 1. The first kappa shape index (κ1) is 21.2. The molecular formula is C16H22F3N5O2S. The number of halogens is 3. The minimum absolute atomic E-state index is 0.194. The molecule has 0 saturated carbocycles. The van der Waals surface area contributed by atoms with Crippen LogP contribution >= 0.6 is 12.2 Å². The molecule has 11 heteroatoms. The lowest BCUT2D eigenvalue weighted by molar-refractivity contribution is -0.384. The van der Waals surface area contributed by atoms with Gasteiger partial charge >= 0.3 is 6.18 Å². The number of nitrogens with one attached hydrogen (secondary N) is 1. The number of nitrogens with zero attached hydrogens (tertiary/aromatic N) is 4. The van der Waals surface area contributed by atoms with E-state index in [-0.39, 0.29) is 5.69 Å². The van der Waals surface area contributed by atoms with Crippen molar-refractivity contribution in [2.45, 2.75) is 6.18 Å². The zero-order valence-corrected chi connectivity index (χ0v) is 15.9. The summed E-state index contributed by atoms with van der Waals surface area (Å²) in [6.07, 6.45) is -4.62. The van der Waals surface area contributed by atoms with Crippen LogP contribution in [0.4, 0.5) is 24.5 Å². The fourth-order valence-electron chi connectivity index (χ4n) is 2.76. The average molecular weight is 405 g/mol. The summed E-state index contributed by atoms with van der Waals surface area (Å²) in [6, 6.07) is 2.64. The molecule has 1 aromatic carbocycles. The topological polar surface area (TPSA) is 64.9 Å². The molecule has 1 N–H and O–H groups in total. The van der Waals surface area contributed by atoms with E-state index in [0.717, 1.165) is 12.6 Å². The van der Waals surface area contributed by atoms with Crippen molar-refractivity contribution >= 4 is 28.7 Å². The highest BCUT2D eigenvalue weighted by molar-refractivity contribution is 7.80. The summed E-state index contributed by atoms with van der Waals surface area (Å²) in [5.41, 5.74) is -1.37. The molecule has 0 bridgehead atoms. The second-order valence-corrected chi connectivity index (χ2v) is 6.85. The number of nitro groups is 1. The van der Waals surface area contributed by atoms with E-state index < -0.39 is 22.4 Å². The number of nitro benzene ring substituents is 1. The van der Waals surface area contributed by atoms with Crippen LogP contribution in [0, 0.1) is 10.1 Å². The average Bonchev–Trinajstić information content (AvgIpc) is 2.60. The Hall–Kier alpha value is -2.14. The summed E-state index contributed by atoms with van der Waals surface area (Å²) in [5.74, 6) is 0. The molecular weight excluding hydrogens is 383 g/mol. The first-order valence-corrected chi connectivity index (χ1v) is 8.78. The molecule has 1 aliphatic heterocycles. The molecule has 0 spiro atoms. The highest BCUT2D eigenvalue weighted by atomic mass is 32.1. The molecule has 1 aromatic rings. The summed E-state index contributed by atoms with van der Waals surface area (Å²) >= 11 is 5.35. The minimum Gasteiger partial charge on any atom is -0.362 e. The van der Waals surface area contributed by atoms with Gasteiger partial charge in [0.2, 0.25) is 0 Å². The molecule has 0 radical (unpaired) electrons. The van der Waals surface area contributed by atoms with Gasteiger partial charge in [0.05, 0.1) is 10.5 Å². The predicted octanol–water partition coefficient (Wildman–Crippen LogP) is 2.17. The second kappa shape index (κ2) is 8.70. The molecule has 7 nitrogen and oxygen atoms in total. The zero-order valence-electron chi connectivity index (χ0n) is 15.1. The number of anilines is 1. The number of hydrogen-bond acceptors (Lipinski definition) is 5. The molecule has 0 aliphatic carbocycles. The third-order valence-corrected chi connectivity index (χ3v) is 4.64. The van der Waals surface area contributed by atoms with E-state index in [2.05, 4.69) is 5.32 Å².